The van der Waals surface area contributed by atoms with Gasteiger partial charge in [-0.05, 0) is 23.4 Å². The normalized spacial score (nSPS) is 11.0. The van der Waals surface area contributed by atoms with Crippen LogP contribution in [0.25, 0.3) is 10.8 Å². The van der Waals surface area contributed by atoms with Crippen LogP contribution >= 0.6 is 35.3 Å². The van der Waals surface area contributed by atoms with Crippen molar-refractivity contribution in [2.75, 3.05) is 13.6 Å². The Balaban J connectivity index is 0.00000225. The van der Waals surface area contributed by atoms with E-state index in [1.54, 1.807) is 24.6 Å². The molecule has 0 radical (unpaired) electrons. The van der Waals surface area contributed by atoms with Gasteiger partial charge in [-0.25, -0.2) is 4.98 Å². The van der Waals surface area contributed by atoms with Crippen molar-refractivity contribution >= 4 is 41.3 Å². The predicted octanol–water partition coefficient (Wildman–Crippen LogP) is 3.93. The van der Waals surface area contributed by atoms with E-state index in [1.807, 2.05) is 23.6 Å². The van der Waals surface area contributed by atoms with E-state index in [0.29, 0.717) is 12.4 Å². The zero-order valence-corrected chi connectivity index (χ0v) is 17.1. The van der Waals surface area contributed by atoms with Gasteiger partial charge in [0.05, 0.1) is 17.1 Å². The number of hydrogen-bond donors (Lipinski definition) is 2. The van der Waals surface area contributed by atoms with Crippen molar-refractivity contribution in [2.45, 2.75) is 13.0 Å². The number of oxazole rings is 1. The average Bonchev–Trinajstić information content (AvgIpc) is 3.30. The Morgan fingerprint density at radius 2 is 2.00 bits per heavy atom. The molecule has 132 valence electrons. The average molecular weight is 468 g/mol. The number of nitrogens with one attached hydrogen (secondary N) is 2. The van der Waals surface area contributed by atoms with Crippen molar-refractivity contribution in [3.8, 4) is 10.8 Å². The molecule has 5 nitrogen and oxygen atoms in total. The van der Waals surface area contributed by atoms with Crippen LogP contribution in [0, 0.1) is 0 Å². The molecule has 0 saturated carbocycles. The Morgan fingerprint density at radius 3 is 2.72 bits per heavy atom. The highest BCUT2D eigenvalue weighted by atomic mass is 127. The van der Waals surface area contributed by atoms with Gasteiger partial charge >= 0.3 is 0 Å². The lowest BCUT2D eigenvalue weighted by atomic mass is 10.1. The lowest BCUT2D eigenvalue weighted by Gasteiger charge is -2.10. The number of aliphatic imine (C=N–C) groups is 1. The van der Waals surface area contributed by atoms with Gasteiger partial charge in [0.15, 0.2) is 5.96 Å². The molecule has 3 aromatic rings. The summed E-state index contributed by atoms with van der Waals surface area (Å²) < 4.78 is 5.51. The molecular weight excluding hydrogens is 447 g/mol. The molecule has 0 spiro atoms. The van der Waals surface area contributed by atoms with Gasteiger partial charge in [-0.15, -0.1) is 35.3 Å². The topological polar surface area (TPSA) is 62.5 Å². The summed E-state index contributed by atoms with van der Waals surface area (Å²) in [6.45, 7) is 1.39. The second kappa shape index (κ2) is 10.2. The van der Waals surface area contributed by atoms with Crippen molar-refractivity contribution in [2.24, 2.45) is 4.99 Å². The summed E-state index contributed by atoms with van der Waals surface area (Å²) in [6, 6.07) is 14.4. The first-order valence-electron chi connectivity index (χ1n) is 7.82. The molecule has 1 aromatic carbocycles. The van der Waals surface area contributed by atoms with Gasteiger partial charge in [-0.3, -0.25) is 4.99 Å². The highest BCUT2D eigenvalue weighted by molar-refractivity contribution is 14.0. The first-order valence-corrected chi connectivity index (χ1v) is 8.70. The Kier molecular flexibility index (Phi) is 7.93. The standard InChI is InChI=1S/C18H20N4OS.HI/c1-19-18(20-10-9-14-6-3-2-4-7-14)21-12-15-13-23-17(22-15)16-8-5-11-24-16;/h2-8,11,13H,9-10,12H2,1H3,(H2,19,20,21);1H. The molecule has 0 saturated heterocycles. The zero-order chi connectivity index (χ0) is 16.6. The highest BCUT2D eigenvalue weighted by Crippen LogP contribution is 2.23. The molecule has 0 fully saturated rings. The fourth-order valence-electron chi connectivity index (χ4n) is 2.27. The van der Waals surface area contributed by atoms with Crippen LogP contribution in [0.15, 0.2) is 63.5 Å². The summed E-state index contributed by atoms with van der Waals surface area (Å²) in [4.78, 5) is 9.75. The van der Waals surface area contributed by atoms with Crippen molar-refractivity contribution in [3.63, 3.8) is 0 Å². The summed E-state index contributed by atoms with van der Waals surface area (Å²) in [7, 11) is 1.76. The lowest BCUT2D eigenvalue weighted by Crippen LogP contribution is -2.37. The maximum atomic E-state index is 5.51. The first-order chi connectivity index (χ1) is 11.8. The minimum Gasteiger partial charge on any atom is -0.443 e. The molecule has 2 aromatic heterocycles. The number of hydrogen-bond acceptors (Lipinski definition) is 4. The Morgan fingerprint density at radius 1 is 1.16 bits per heavy atom. The van der Waals surface area contributed by atoms with E-state index in [-0.39, 0.29) is 24.0 Å². The molecule has 0 unspecified atom stereocenters. The van der Waals surface area contributed by atoms with E-state index in [4.69, 9.17) is 4.42 Å². The van der Waals surface area contributed by atoms with Crippen molar-refractivity contribution < 1.29 is 4.42 Å². The van der Waals surface area contributed by atoms with E-state index in [2.05, 4.69) is 44.9 Å². The lowest BCUT2D eigenvalue weighted by molar-refractivity contribution is 0.573. The highest BCUT2D eigenvalue weighted by Gasteiger charge is 2.08. The van der Waals surface area contributed by atoms with E-state index < -0.39 is 0 Å². The largest absolute Gasteiger partial charge is 0.443 e. The van der Waals surface area contributed by atoms with Gasteiger partial charge in [0, 0.05) is 13.6 Å². The number of rotatable bonds is 6. The van der Waals surface area contributed by atoms with Crippen LogP contribution < -0.4 is 10.6 Å². The number of halogens is 1. The predicted molar refractivity (Wildman–Crippen MR) is 114 cm³/mol. The third-order valence-corrected chi connectivity index (χ3v) is 4.35. The van der Waals surface area contributed by atoms with E-state index in [0.717, 1.165) is 29.5 Å². The molecule has 2 N–H and O–H groups in total. The summed E-state index contributed by atoms with van der Waals surface area (Å²) in [5, 5.41) is 8.57. The monoisotopic (exact) mass is 468 g/mol. The molecule has 25 heavy (non-hydrogen) atoms. The fraction of sp³-hybridized carbons (Fsp3) is 0.222. The van der Waals surface area contributed by atoms with E-state index in [1.165, 1.54) is 5.56 Å². The van der Waals surface area contributed by atoms with Crippen LogP contribution in [0.2, 0.25) is 0 Å². The number of aromatic nitrogens is 1. The summed E-state index contributed by atoms with van der Waals surface area (Å²) in [6.07, 6.45) is 2.63. The minimum atomic E-state index is 0. The molecule has 0 aliphatic carbocycles. The van der Waals surface area contributed by atoms with Gasteiger partial charge in [0.2, 0.25) is 5.89 Å². The smallest absolute Gasteiger partial charge is 0.236 e. The van der Waals surface area contributed by atoms with Crippen LogP contribution in [0.1, 0.15) is 11.3 Å². The van der Waals surface area contributed by atoms with Crippen molar-refractivity contribution in [1.82, 2.24) is 15.6 Å². The molecule has 0 amide bonds. The maximum absolute atomic E-state index is 5.51. The SMILES string of the molecule is CN=C(NCCc1ccccc1)NCc1coc(-c2cccs2)n1.I. The third kappa shape index (κ3) is 5.86. The molecular formula is C18H21IN4OS. The quantitative estimate of drug-likeness (QED) is 0.327. The second-order valence-electron chi connectivity index (χ2n) is 5.21. The molecule has 0 bridgehead atoms. The number of guanidine groups is 1. The molecule has 3 rings (SSSR count). The fourth-order valence-corrected chi connectivity index (χ4v) is 2.92. The number of thiophene rings is 1. The summed E-state index contributed by atoms with van der Waals surface area (Å²) in [5.41, 5.74) is 2.15. The maximum Gasteiger partial charge on any atom is 0.236 e. The van der Waals surface area contributed by atoms with Crippen LogP contribution in [0.5, 0.6) is 0 Å². The number of benzene rings is 1. The second-order valence-corrected chi connectivity index (χ2v) is 6.16. The van der Waals surface area contributed by atoms with Crippen LogP contribution in [0.3, 0.4) is 0 Å². The summed E-state index contributed by atoms with van der Waals surface area (Å²) in [5.74, 6) is 1.42. The molecule has 2 heterocycles. The van der Waals surface area contributed by atoms with Gasteiger partial charge in [0.1, 0.15) is 6.26 Å². The van der Waals surface area contributed by atoms with E-state index in [9.17, 15) is 0 Å². The van der Waals surface area contributed by atoms with Gasteiger partial charge in [0.25, 0.3) is 0 Å². The summed E-state index contributed by atoms with van der Waals surface area (Å²) >= 11 is 1.61. The minimum absolute atomic E-state index is 0. The Labute approximate surface area is 168 Å². The first kappa shape index (κ1) is 19.5. The number of nitrogens with zero attached hydrogens (tertiary/aromatic N) is 2. The van der Waals surface area contributed by atoms with Crippen LogP contribution in [-0.4, -0.2) is 24.5 Å². The molecule has 0 atom stereocenters. The Bertz CT molecular complexity index is 771. The van der Waals surface area contributed by atoms with Crippen molar-refractivity contribution in [1.29, 1.82) is 0 Å². The third-order valence-electron chi connectivity index (χ3n) is 3.49. The Hall–Kier alpha value is -1.87. The van der Waals surface area contributed by atoms with Crippen LogP contribution in [-0.2, 0) is 13.0 Å². The van der Waals surface area contributed by atoms with E-state index >= 15 is 0 Å². The molecule has 7 heteroatoms. The molecule has 0 aliphatic heterocycles. The van der Waals surface area contributed by atoms with Gasteiger partial charge in [-0.1, -0.05) is 36.4 Å². The van der Waals surface area contributed by atoms with Gasteiger partial charge < -0.3 is 15.1 Å². The zero-order valence-electron chi connectivity index (χ0n) is 13.9. The van der Waals surface area contributed by atoms with Crippen LogP contribution in [0.4, 0.5) is 0 Å². The van der Waals surface area contributed by atoms with Gasteiger partial charge in [-0.2, -0.15) is 0 Å². The van der Waals surface area contributed by atoms with Crippen molar-refractivity contribution in [3.05, 3.63) is 65.4 Å². The molecule has 0 aliphatic rings.